The predicted octanol–water partition coefficient (Wildman–Crippen LogP) is 3.91. The molecule has 144 valence electrons. The molecular formula is C19H31IN6. The number of hydrogen-bond donors (Lipinski definition) is 2. The quantitative estimate of drug-likeness (QED) is 0.253. The zero-order valence-electron chi connectivity index (χ0n) is 16.0. The van der Waals surface area contributed by atoms with Gasteiger partial charge in [-0.1, -0.05) is 38.3 Å². The van der Waals surface area contributed by atoms with E-state index in [-0.39, 0.29) is 24.0 Å². The lowest BCUT2D eigenvalue weighted by atomic mass is 10.1. The average Bonchev–Trinajstić information content (AvgIpc) is 3.15. The third kappa shape index (κ3) is 7.72. The number of hydrogen-bond acceptors (Lipinski definition) is 3. The number of nitrogens with zero attached hydrogens (tertiary/aromatic N) is 4. The molecule has 2 N–H and O–H groups in total. The highest BCUT2D eigenvalue weighted by molar-refractivity contribution is 14.0. The van der Waals surface area contributed by atoms with Gasteiger partial charge in [-0.2, -0.15) is 5.10 Å². The van der Waals surface area contributed by atoms with E-state index in [0.717, 1.165) is 18.2 Å². The summed E-state index contributed by atoms with van der Waals surface area (Å²) in [5.74, 6) is 0.881. The van der Waals surface area contributed by atoms with E-state index in [9.17, 15) is 0 Å². The largest absolute Gasteiger partial charge is 0.357 e. The van der Waals surface area contributed by atoms with Gasteiger partial charge in [0.1, 0.15) is 12.7 Å². The summed E-state index contributed by atoms with van der Waals surface area (Å²) < 4.78 is 1.75. The number of aliphatic imine (C=N–C) groups is 1. The van der Waals surface area contributed by atoms with E-state index in [1.165, 1.54) is 37.6 Å². The van der Waals surface area contributed by atoms with Crippen LogP contribution in [0.25, 0.3) is 5.69 Å². The molecule has 0 spiro atoms. The van der Waals surface area contributed by atoms with Crippen molar-refractivity contribution in [3.05, 3.63) is 42.5 Å². The van der Waals surface area contributed by atoms with Crippen LogP contribution in [0.2, 0.25) is 0 Å². The third-order valence-corrected chi connectivity index (χ3v) is 4.01. The minimum absolute atomic E-state index is 0. The highest BCUT2D eigenvalue weighted by atomic mass is 127. The normalized spacial score (nSPS) is 12.3. The molecule has 1 atom stereocenters. The molecule has 1 aromatic carbocycles. The number of aromatic nitrogens is 3. The first-order valence-corrected chi connectivity index (χ1v) is 9.21. The molecule has 0 aliphatic rings. The van der Waals surface area contributed by atoms with Crippen LogP contribution in [0.4, 0.5) is 0 Å². The topological polar surface area (TPSA) is 67.1 Å². The van der Waals surface area contributed by atoms with Crippen LogP contribution in [0.5, 0.6) is 0 Å². The number of rotatable bonds is 9. The minimum atomic E-state index is 0. The molecule has 0 amide bonds. The minimum Gasteiger partial charge on any atom is -0.357 e. The Morgan fingerprint density at radius 2 is 1.96 bits per heavy atom. The Morgan fingerprint density at radius 1 is 1.19 bits per heavy atom. The molecule has 1 aromatic heterocycles. The van der Waals surface area contributed by atoms with Crippen LogP contribution in [0.1, 0.15) is 52.0 Å². The molecule has 7 heteroatoms. The number of guanidine groups is 1. The first-order chi connectivity index (χ1) is 12.2. The summed E-state index contributed by atoms with van der Waals surface area (Å²) in [5.41, 5.74) is 2.17. The maximum atomic E-state index is 4.70. The molecule has 6 nitrogen and oxygen atoms in total. The fourth-order valence-electron chi connectivity index (χ4n) is 2.59. The molecule has 0 aliphatic carbocycles. The average molecular weight is 470 g/mol. The highest BCUT2D eigenvalue weighted by Gasteiger charge is 2.05. The van der Waals surface area contributed by atoms with Crippen LogP contribution >= 0.6 is 24.0 Å². The molecule has 2 rings (SSSR count). The summed E-state index contributed by atoms with van der Waals surface area (Å²) in [6.07, 6.45) is 8.20. The van der Waals surface area contributed by atoms with Crippen molar-refractivity contribution in [2.45, 2.75) is 59.0 Å². The van der Waals surface area contributed by atoms with Crippen LogP contribution in [0.15, 0.2) is 41.9 Å². The van der Waals surface area contributed by atoms with Crippen molar-refractivity contribution in [1.82, 2.24) is 25.4 Å². The standard InChI is InChI=1S/C19H30N6.HI/c1-4-6-7-8-16(3)24-19(21-5-2)22-13-17-9-11-18(12-10-17)25-15-20-14-23-25;/h9-12,14-16H,4-8,13H2,1-3H3,(H2,21,22,24);1H. The van der Waals surface area contributed by atoms with Crippen LogP contribution < -0.4 is 10.6 Å². The molecule has 0 bridgehead atoms. The number of benzene rings is 1. The van der Waals surface area contributed by atoms with E-state index in [1.54, 1.807) is 11.0 Å². The molecule has 0 fully saturated rings. The molecule has 2 aromatic rings. The number of nitrogens with one attached hydrogen (secondary N) is 2. The van der Waals surface area contributed by atoms with Crippen molar-refractivity contribution in [3.8, 4) is 5.69 Å². The van der Waals surface area contributed by atoms with Crippen LogP contribution in [0, 0.1) is 0 Å². The van der Waals surface area contributed by atoms with Crippen molar-refractivity contribution in [2.75, 3.05) is 6.54 Å². The Hall–Kier alpha value is -1.64. The Labute approximate surface area is 173 Å². The number of halogens is 1. The van der Waals surface area contributed by atoms with Crippen molar-refractivity contribution >= 4 is 29.9 Å². The van der Waals surface area contributed by atoms with E-state index in [0.29, 0.717) is 12.6 Å². The van der Waals surface area contributed by atoms with Gasteiger partial charge in [0.15, 0.2) is 5.96 Å². The van der Waals surface area contributed by atoms with Crippen molar-refractivity contribution in [2.24, 2.45) is 4.99 Å². The van der Waals surface area contributed by atoms with Crippen molar-refractivity contribution < 1.29 is 0 Å². The van der Waals surface area contributed by atoms with Crippen LogP contribution in [-0.2, 0) is 6.54 Å². The smallest absolute Gasteiger partial charge is 0.191 e. The molecule has 0 radical (unpaired) electrons. The fourth-order valence-corrected chi connectivity index (χ4v) is 2.59. The lowest BCUT2D eigenvalue weighted by Gasteiger charge is -2.17. The van der Waals surface area contributed by atoms with E-state index < -0.39 is 0 Å². The third-order valence-electron chi connectivity index (χ3n) is 4.01. The van der Waals surface area contributed by atoms with Crippen molar-refractivity contribution in [1.29, 1.82) is 0 Å². The maximum Gasteiger partial charge on any atom is 0.191 e. The molecule has 0 aliphatic heterocycles. The van der Waals surface area contributed by atoms with Gasteiger partial charge in [-0.05, 0) is 38.0 Å². The van der Waals surface area contributed by atoms with Gasteiger partial charge in [0.25, 0.3) is 0 Å². The van der Waals surface area contributed by atoms with E-state index >= 15 is 0 Å². The van der Waals surface area contributed by atoms with Gasteiger partial charge in [-0.3, -0.25) is 0 Å². The van der Waals surface area contributed by atoms with E-state index in [1.807, 2.05) is 12.1 Å². The zero-order chi connectivity index (χ0) is 17.9. The van der Waals surface area contributed by atoms with Crippen LogP contribution in [-0.4, -0.2) is 33.3 Å². The summed E-state index contributed by atoms with van der Waals surface area (Å²) in [4.78, 5) is 8.67. The zero-order valence-corrected chi connectivity index (χ0v) is 18.3. The fraction of sp³-hybridized carbons (Fsp3) is 0.526. The second kappa shape index (κ2) is 12.7. The highest BCUT2D eigenvalue weighted by Crippen LogP contribution is 2.09. The van der Waals surface area contributed by atoms with Crippen LogP contribution in [0.3, 0.4) is 0 Å². The Bertz CT molecular complexity index is 624. The van der Waals surface area contributed by atoms with Crippen molar-refractivity contribution in [3.63, 3.8) is 0 Å². The molecule has 0 saturated carbocycles. The maximum absolute atomic E-state index is 4.70. The van der Waals surface area contributed by atoms with Gasteiger partial charge in [-0.25, -0.2) is 14.7 Å². The van der Waals surface area contributed by atoms with E-state index in [2.05, 4.69) is 53.6 Å². The van der Waals surface area contributed by atoms with Gasteiger partial charge in [-0.15, -0.1) is 24.0 Å². The first-order valence-electron chi connectivity index (χ1n) is 9.21. The van der Waals surface area contributed by atoms with Gasteiger partial charge in [0.05, 0.1) is 12.2 Å². The second-order valence-corrected chi connectivity index (χ2v) is 6.24. The SMILES string of the molecule is CCCCCC(C)NC(=NCc1ccc(-n2cncn2)cc1)NCC.I. The lowest BCUT2D eigenvalue weighted by molar-refractivity contribution is 0.547. The Kier molecular flexibility index (Phi) is 10.9. The van der Waals surface area contributed by atoms with E-state index in [4.69, 9.17) is 4.99 Å². The Balaban J connectivity index is 0.00000338. The Morgan fingerprint density at radius 3 is 2.58 bits per heavy atom. The van der Waals surface area contributed by atoms with Gasteiger partial charge in [0.2, 0.25) is 0 Å². The summed E-state index contributed by atoms with van der Waals surface area (Å²) in [6.45, 7) is 8.05. The van der Waals surface area contributed by atoms with Gasteiger partial charge >= 0.3 is 0 Å². The summed E-state index contributed by atoms with van der Waals surface area (Å²) in [6, 6.07) is 8.66. The van der Waals surface area contributed by atoms with Gasteiger partial charge < -0.3 is 10.6 Å². The number of unbranched alkanes of at least 4 members (excludes halogenated alkanes) is 2. The second-order valence-electron chi connectivity index (χ2n) is 6.24. The first kappa shape index (κ1) is 22.4. The molecule has 1 heterocycles. The summed E-state index contributed by atoms with van der Waals surface area (Å²) in [5, 5.41) is 11.0. The molecular weight excluding hydrogens is 439 g/mol. The molecule has 0 saturated heterocycles. The monoisotopic (exact) mass is 470 g/mol. The summed E-state index contributed by atoms with van der Waals surface area (Å²) in [7, 11) is 0. The summed E-state index contributed by atoms with van der Waals surface area (Å²) >= 11 is 0. The molecule has 26 heavy (non-hydrogen) atoms. The molecule has 1 unspecified atom stereocenters. The lowest BCUT2D eigenvalue weighted by Crippen LogP contribution is -2.42. The van der Waals surface area contributed by atoms with Gasteiger partial charge in [0, 0.05) is 12.6 Å². The predicted molar refractivity (Wildman–Crippen MR) is 118 cm³/mol.